The van der Waals surface area contributed by atoms with Gasteiger partial charge >= 0.3 is 5.97 Å². The fraction of sp³-hybridized carbons (Fsp3) is 0.172. The van der Waals surface area contributed by atoms with Crippen molar-refractivity contribution in [2.75, 3.05) is 25.6 Å². The number of amides is 3. The minimum Gasteiger partial charge on any atom is -0.490 e. The first kappa shape index (κ1) is 31.7. The first-order valence-corrected chi connectivity index (χ1v) is 15.0. The van der Waals surface area contributed by atoms with Crippen LogP contribution in [0.15, 0.2) is 59.5 Å². The van der Waals surface area contributed by atoms with Gasteiger partial charge in [-0.3, -0.25) is 19.3 Å². The molecule has 0 radical (unpaired) electrons. The average Bonchev–Trinajstić information content (AvgIpc) is 3.21. The van der Waals surface area contributed by atoms with E-state index < -0.39 is 29.6 Å². The fourth-order valence-electron chi connectivity index (χ4n) is 3.81. The molecule has 0 aromatic heterocycles. The Bertz CT molecular complexity index is 1580. The Morgan fingerprint density at radius 2 is 1.79 bits per heavy atom. The molecule has 1 saturated heterocycles. The van der Waals surface area contributed by atoms with Crippen LogP contribution in [0, 0.1) is 3.57 Å². The number of ether oxygens (including phenoxy) is 3. The number of methoxy groups -OCH3 is 1. The molecule has 1 fully saturated rings. The van der Waals surface area contributed by atoms with Crippen molar-refractivity contribution in [1.29, 1.82) is 0 Å². The Hall–Kier alpha value is -3.26. The minimum atomic E-state index is -0.671. The number of thioether (sulfide) groups is 1. The van der Waals surface area contributed by atoms with Crippen LogP contribution in [-0.2, 0) is 20.9 Å². The second-order valence-electron chi connectivity index (χ2n) is 8.68. The van der Waals surface area contributed by atoms with E-state index in [1.807, 2.05) is 19.1 Å². The van der Waals surface area contributed by atoms with Gasteiger partial charge in [0, 0.05) is 10.7 Å². The summed E-state index contributed by atoms with van der Waals surface area (Å²) in [5.41, 5.74) is 1.87. The zero-order chi connectivity index (χ0) is 30.4. The Balaban J connectivity index is 1.47. The van der Waals surface area contributed by atoms with Crippen molar-refractivity contribution < 1.29 is 33.4 Å². The zero-order valence-electron chi connectivity index (χ0n) is 22.2. The Morgan fingerprint density at radius 3 is 2.48 bits per heavy atom. The van der Waals surface area contributed by atoms with E-state index in [2.05, 4.69) is 32.6 Å². The van der Waals surface area contributed by atoms with Crippen molar-refractivity contribution in [1.82, 2.24) is 4.90 Å². The molecule has 0 aliphatic carbocycles. The molecule has 13 heteroatoms. The largest absolute Gasteiger partial charge is 0.490 e. The summed E-state index contributed by atoms with van der Waals surface area (Å²) in [6.45, 7) is 2.02. The number of carbonyl (C=O) groups is 4. The molecule has 3 amide bonds. The zero-order valence-corrected chi connectivity index (χ0v) is 26.7. The summed E-state index contributed by atoms with van der Waals surface area (Å²) < 4.78 is 17.3. The third kappa shape index (κ3) is 7.77. The standard InChI is InChI=1S/C29H23Cl2IN2O7S/c1-3-40-23-11-17(10-22(32)26(23)41-15-16-4-6-18(30)7-5-16)12-24-27(36)34(29(38)42-24)14-25(35)33-19-8-9-21(31)20(13-19)28(37)39-2/h4-13H,3,14-15H2,1-2H3,(H,33,35)/b24-12+. The number of anilines is 1. The number of halogens is 3. The summed E-state index contributed by atoms with van der Waals surface area (Å²) in [6.07, 6.45) is 1.57. The second-order valence-corrected chi connectivity index (χ2v) is 11.7. The lowest BCUT2D eigenvalue weighted by atomic mass is 10.1. The van der Waals surface area contributed by atoms with Gasteiger partial charge in [0.15, 0.2) is 11.5 Å². The number of rotatable bonds is 10. The van der Waals surface area contributed by atoms with Gasteiger partial charge in [0.2, 0.25) is 5.91 Å². The molecule has 1 aliphatic heterocycles. The molecule has 3 aromatic carbocycles. The van der Waals surface area contributed by atoms with Gasteiger partial charge in [-0.2, -0.15) is 0 Å². The molecule has 9 nitrogen and oxygen atoms in total. The van der Waals surface area contributed by atoms with Crippen LogP contribution in [0.4, 0.5) is 10.5 Å². The molecule has 0 bridgehead atoms. The number of hydrogen-bond donors (Lipinski definition) is 1. The maximum Gasteiger partial charge on any atom is 0.339 e. The first-order valence-electron chi connectivity index (χ1n) is 12.4. The average molecular weight is 741 g/mol. The predicted molar refractivity (Wildman–Crippen MR) is 170 cm³/mol. The Labute approximate surface area is 269 Å². The van der Waals surface area contributed by atoms with Crippen LogP contribution in [0.5, 0.6) is 11.5 Å². The SMILES string of the molecule is CCOc1cc(/C=C2/SC(=O)N(CC(=O)Nc3ccc(Cl)c(C(=O)OC)c3)C2=O)cc(I)c1OCc1ccc(Cl)cc1. The van der Waals surface area contributed by atoms with E-state index in [0.717, 1.165) is 25.8 Å². The molecule has 1 heterocycles. The summed E-state index contributed by atoms with van der Waals surface area (Å²) in [7, 11) is 1.21. The minimum absolute atomic E-state index is 0.0634. The van der Waals surface area contributed by atoms with Gasteiger partial charge in [-0.1, -0.05) is 35.3 Å². The van der Waals surface area contributed by atoms with Crippen LogP contribution in [0.3, 0.4) is 0 Å². The topological polar surface area (TPSA) is 111 Å². The van der Waals surface area contributed by atoms with Gasteiger partial charge < -0.3 is 19.5 Å². The first-order chi connectivity index (χ1) is 20.1. The van der Waals surface area contributed by atoms with Gasteiger partial charge in [0.25, 0.3) is 11.1 Å². The maximum absolute atomic E-state index is 13.1. The van der Waals surface area contributed by atoms with E-state index in [4.69, 9.17) is 32.7 Å². The molecule has 218 valence electrons. The molecule has 0 saturated carbocycles. The lowest BCUT2D eigenvalue weighted by molar-refractivity contribution is -0.127. The number of carbonyl (C=O) groups excluding carboxylic acids is 4. The molecule has 42 heavy (non-hydrogen) atoms. The van der Waals surface area contributed by atoms with E-state index >= 15 is 0 Å². The van der Waals surface area contributed by atoms with Crippen molar-refractivity contribution in [2.45, 2.75) is 13.5 Å². The predicted octanol–water partition coefficient (Wildman–Crippen LogP) is 7.04. The third-order valence-corrected chi connectivity index (χ3v) is 8.05. The van der Waals surface area contributed by atoms with E-state index in [-0.39, 0.29) is 21.2 Å². The van der Waals surface area contributed by atoms with E-state index in [0.29, 0.717) is 35.3 Å². The summed E-state index contributed by atoms with van der Waals surface area (Å²) in [6, 6.07) is 15.1. The monoisotopic (exact) mass is 740 g/mol. The fourth-order valence-corrected chi connectivity index (χ4v) is 5.75. The quantitative estimate of drug-likeness (QED) is 0.134. The number of esters is 1. The lowest BCUT2D eigenvalue weighted by Gasteiger charge is -2.15. The summed E-state index contributed by atoms with van der Waals surface area (Å²) in [5, 5.41) is 2.76. The van der Waals surface area contributed by atoms with Gasteiger partial charge in [-0.15, -0.1) is 0 Å². The highest BCUT2D eigenvalue weighted by Crippen LogP contribution is 2.38. The van der Waals surface area contributed by atoms with Gasteiger partial charge in [-0.05, 0) is 101 Å². The van der Waals surface area contributed by atoms with Gasteiger partial charge in [-0.25, -0.2) is 4.79 Å². The number of nitrogens with one attached hydrogen (secondary N) is 1. The highest BCUT2D eigenvalue weighted by molar-refractivity contribution is 14.1. The van der Waals surface area contributed by atoms with Crippen molar-refractivity contribution in [3.63, 3.8) is 0 Å². The van der Waals surface area contributed by atoms with Crippen LogP contribution in [0.2, 0.25) is 10.0 Å². The third-order valence-electron chi connectivity index (χ3n) is 5.76. The highest BCUT2D eigenvalue weighted by Gasteiger charge is 2.36. The molecule has 4 rings (SSSR count). The summed E-state index contributed by atoms with van der Waals surface area (Å²) in [5.74, 6) is -0.880. The van der Waals surface area contributed by atoms with Crippen molar-refractivity contribution in [3.8, 4) is 11.5 Å². The van der Waals surface area contributed by atoms with E-state index in [1.54, 1.807) is 30.3 Å². The summed E-state index contributed by atoms with van der Waals surface area (Å²) in [4.78, 5) is 51.3. The molecule has 3 aromatic rings. The molecule has 1 N–H and O–H groups in total. The van der Waals surface area contributed by atoms with Crippen LogP contribution >= 0.6 is 57.6 Å². The molecule has 0 unspecified atom stereocenters. The van der Waals surface area contributed by atoms with Crippen LogP contribution < -0.4 is 14.8 Å². The van der Waals surface area contributed by atoms with Crippen molar-refractivity contribution in [3.05, 3.63) is 89.8 Å². The molecule has 0 atom stereocenters. The summed E-state index contributed by atoms with van der Waals surface area (Å²) >= 11 is 14.8. The van der Waals surface area contributed by atoms with Gasteiger partial charge in [0.05, 0.1) is 32.8 Å². The van der Waals surface area contributed by atoms with Crippen molar-refractivity contribution in [2.24, 2.45) is 0 Å². The van der Waals surface area contributed by atoms with Crippen LogP contribution in [0.25, 0.3) is 6.08 Å². The Morgan fingerprint density at radius 1 is 1.05 bits per heavy atom. The normalized spacial score (nSPS) is 13.8. The number of imide groups is 1. The highest BCUT2D eigenvalue weighted by atomic mass is 127. The molecule has 0 spiro atoms. The number of nitrogens with zero attached hydrogens (tertiary/aromatic N) is 1. The van der Waals surface area contributed by atoms with E-state index in [1.165, 1.54) is 25.3 Å². The van der Waals surface area contributed by atoms with Crippen LogP contribution in [-0.4, -0.2) is 48.2 Å². The second kappa shape index (κ2) is 14.3. The molecule has 1 aliphatic rings. The smallest absolute Gasteiger partial charge is 0.339 e. The molecular formula is C29H23Cl2IN2O7S. The van der Waals surface area contributed by atoms with Crippen molar-refractivity contribution >= 4 is 92.3 Å². The van der Waals surface area contributed by atoms with Crippen LogP contribution in [0.1, 0.15) is 28.4 Å². The number of hydrogen-bond acceptors (Lipinski definition) is 8. The Kier molecular flexibility index (Phi) is 10.8. The maximum atomic E-state index is 13.1. The molecular weight excluding hydrogens is 718 g/mol. The lowest BCUT2D eigenvalue weighted by Crippen LogP contribution is -2.36. The van der Waals surface area contributed by atoms with E-state index in [9.17, 15) is 19.2 Å². The number of benzene rings is 3. The van der Waals surface area contributed by atoms with Gasteiger partial charge in [0.1, 0.15) is 13.2 Å².